The molecular formula is C24H24N2O4S. The molecule has 2 aromatic rings. The monoisotopic (exact) mass is 436 g/mol. The third kappa shape index (κ3) is 2.98. The number of allylic oxidation sites excluding steroid dienone is 1. The molecule has 160 valence electrons. The number of carbonyl (C=O) groups is 3. The molecule has 4 heterocycles. The van der Waals surface area contributed by atoms with Crippen molar-refractivity contribution in [2.45, 2.75) is 25.4 Å². The number of thiophene rings is 1. The maximum atomic E-state index is 13.7. The minimum atomic E-state index is -0.692. The van der Waals surface area contributed by atoms with Gasteiger partial charge in [-0.2, -0.15) is 0 Å². The third-order valence-corrected chi connectivity index (χ3v) is 7.49. The minimum absolute atomic E-state index is 0.0878. The van der Waals surface area contributed by atoms with Gasteiger partial charge in [-0.15, -0.1) is 11.3 Å². The zero-order chi connectivity index (χ0) is 21.7. The minimum Gasteiger partial charge on any atom is -0.385 e. The Bertz CT molecular complexity index is 1080. The van der Waals surface area contributed by atoms with Crippen LogP contribution in [0.2, 0.25) is 0 Å². The second-order valence-electron chi connectivity index (χ2n) is 8.28. The van der Waals surface area contributed by atoms with Crippen molar-refractivity contribution in [3.63, 3.8) is 0 Å². The summed E-state index contributed by atoms with van der Waals surface area (Å²) in [5.41, 5.74) is 3.03. The number of ketones is 1. The number of fused-ring (bicyclic) bond motifs is 5. The van der Waals surface area contributed by atoms with Crippen LogP contribution in [0, 0.1) is 11.8 Å². The maximum Gasteiger partial charge on any atom is 0.235 e. The molecule has 1 aromatic carbocycles. The SMILES string of the molecule is COCCCN1C(=O)C2C(C1=O)C(C(=O)c1cccs1)N1c3ccccc3C(C)=CC21. The molecule has 7 heteroatoms. The fourth-order valence-electron chi connectivity index (χ4n) is 5.31. The van der Waals surface area contributed by atoms with Gasteiger partial charge < -0.3 is 9.64 Å². The van der Waals surface area contributed by atoms with Crippen LogP contribution >= 0.6 is 11.3 Å². The van der Waals surface area contributed by atoms with Gasteiger partial charge in [0.15, 0.2) is 5.78 Å². The number of benzene rings is 1. The average molecular weight is 437 g/mol. The zero-order valence-corrected chi connectivity index (χ0v) is 18.3. The number of likely N-dealkylation sites (tertiary alicyclic amines) is 1. The number of amides is 2. The molecule has 0 radical (unpaired) electrons. The predicted octanol–water partition coefficient (Wildman–Crippen LogP) is 3.24. The van der Waals surface area contributed by atoms with Gasteiger partial charge in [-0.25, -0.2) is 0 Å². The average Bonchev–Trinajstić information content (AvgIpc) is 3.47. The molecule has 0 bridgehead atoms. The molecule has 2 saturated heterocycles. The van der Waals surface area contributed by atoms with Crippen molar-refractivity contribution >= 4 is 40.2 Å². The van der Waals surface area contributed by atoms with E-state index in [0.29, 0.717) is 24.4 Å². The second-order valence-corrected chi connectivity index (χ2v) is 9.22. The molecule has 4 unspecified atom stereocenters. The Morgan fingerprint density at radius 1 is 1.10 bits per heavy atom. The molecule has 0 N–H and O–H groups in total. The molecular weight excluding hydrogens is 412 g/mol. The van der Waals surface area contributed by atoms with Crippen LogP contribution in [-0.2, 0) is 14.3 Å². The lowest BCUT2D eigenvalue weighted by Gasteiger charge is -2.37. The number of rotatable bonds is 6. The topological polar surface area (TPSA) is 66.9 Å². The highest BCUT2D eigenvalue weighted by Crippen LogP contribution is 2.50. The second kappa shape index (κ2) is 7.73. The lowest BCUT2D eigenvalue weighted by molar-refractivity contribution is -0.140. The van der Waals surface area contributed by atoms with Gasteiger partial charge in [0.1, 0.15) is 6.04 Å². The summed E-state index contributed by atoms with van der Waals surface area (Å²) >= 11 is 1.37. The highest BCUT2D eigenvalue weighted by Gasteiger charge is 2.64. The Kier molecular flexibility index (Phi) is 5.02. The van der Waals surface area contributed by atoms with Crippen LogP contribution in [0.25, 0.3) is 5.57 Å². The van der Waals surface area contributed by atoms with Gasteiger partial charge in [0.25, 0.3) is 0 Å². The van der Waals surface area contributed by atoms with E-state index in [9.17, 15) is 14.4 Å². The molecule has 3 aliphatic rings. The number of carbonyl (C=O) groups excluding carboxylic acids is 3. The Labute approximate surface area is 185 Å². The van der Waals surface area contributed by atoms with Crippen LogP contribution in [0.3, 0.4) is 0 Å². The molecule has 2 amide bonds. The first-order valence-electron chi connectivity index (χ1n) is 10.5. The van der Waals surface area contributed by atoms with Gasteiger partial charge >= 0.3 is 0 Å². The lowest BCUT2D eigenvalue weighted by atomic mass is 9.86. The van der Waals surface area contributed by atoms with E-state index < -0.39 is 17.9 Å². The van der Waals surface area contributed by atoms with E-state index in [4.69, 9.17) is 4.74 Å². The molecule has 0 spiro atoms. The number of methoxy groups -OCH3 is 1. The molecule has 2 fully saturated rings. The van der Waals surface area contributed by atoms with E-state index in [1.54, 1.807) is 13.2 Å². The van der Waals surface area contributed by atoms with Crippen molar-refractivity contribution < 1.29 is 19.1 Å². The first kappa shape index (κ1) is 20.2. The van der Waals surface area contributed by atoms with Crippen molar-refractivity contribution in [1.29, 1.82) is 0 Å². The standard InChI is InChI=1S/C24H24N2O4S/c1-14-13-17-19-20(24(29)25(23(19)28)10-6-11-30-2)21(22(27)18-9-5-12-31-18)26(17)16-8-4-3-7-15(14)16/h3-5,7-9,12-13,17,19-21H,6,10-11H2,1-2H3. The van der Waals surface area contributed by atoms with Gasteiger partial charge in [-0.1, -0.05) is 30.3 Å². The molecule has 1 aromatic heterocycles. The zero-order valence-electron chi connectivity index (χ0n) is 17.5. The smallest absolute Gasteiger partial charge is 0.235 e. The van der Waals surface area contributed by atoms with Crippen LogP contribution in [0.1, 0.15) is 28.6 Å². The highest BCUT2D eigenvalue weighted by molar-refractivity contribution is 7.12. The number of Topliss-reactive ketones (excluding diaryl/α,β-unsaturated/α-hetero) is 1. The quantitative estimate of drug-likeness (QED) is 0.395. The molecule has 3 aliphatic heterocycles. The van der Waals surface area contributed by atoms with E-state index >= 15 is 0 Å². The van der Waals surface area contributed by atoms with Crippen LogP contribution in [0.15, 0.2) is 47.9 Å². The molecule has 5 rings (SSSR count). The van der Waals surface area contributed by atoms with Crippen molar-refractivity contribution in [2.24, 2.45) is 11.8 Å². The molecule has 4 atom stereocenters. The number of imide groups is 1. The van der Waals surface area contributed by atoms with Gasteiger partial charge in [0.2, 0.25) is 11.8 Å². The number of anilines is 1. The van der Waals surface area contributed by atoms with E-state index in [1.807, 2.05) is 47.5 Å². The Morgan fingerprint density at radius 3 is 2.61 bits per heavy atom. The highest BCUT2D eigenvalue weighted by atomic mass is 32.1. The normalized spacial score (nSPS) is 26.6. The first-order valence-corrected chi connectivity index (χ1v) is 11.4. The third-order valence-electron chi connectivity index (χ3n) is 6.61. The number of hydrogen-bond acceptors (Lipinski definition) is 6. The Morgan fingerprint density at radius 2 is 1.87 bits per heavy atom. The Balaban J connectivity index is 1.61. The molecule has 31 heavy (non-hydrogen) atoms. The van der Waals surface area contributed by atoms with Crippen molar-refractivity contribution in [3.05, 3.63) is 58.3 Å². The number of hydrogen-bond donors (Lipinski definition) is 0. The van der Waals surface area contributed by atoms with Crippen molar-refractivity contribution in [3.8, 4) is 0 Å². The maximum absolute atomic E-state index is 13.7. The Hall–Kier alpha value is -2.77. The van der Waals surface area contributed by atoms with Gasteiger partial charge in [0, 0.05) is 31.5 Å². The van der Waals surface area contributed by atoms with Crippen molar-refractivity contribution in [1.82, 2.24) is 4.90 Å². The van der Waals surface area contributed by atoms with E-state index in [0.717, 1.165) is 16.8 Å². The molecule has 0 aliphatic carbocycles. The molecule has 6 nitrogen and oxygen atoms in total. The van der Waals surface area contributed by atoms with E-state index in [-0.39, 0.29) is 23.6 Å². The molecule has 0 saturated carbocycles. The number of para-hydroxylation sites is 1. The fourth-order valence-corrected chi connectivity index (χ4v) is 6.01. The van der Waals surface area contributed by atoms with Crippen LogP contribution in [0.5, 0.6) is 0 Å². The summed E-state index contributed by atoms with van der Waals surface area (Å²) in [5, 5.41) is 1.87. The van der Waals surface area contributed by atoms with Gasteiger partial charge in [0.05, 0.1) is 22.8 Å². The largest absolute Gasteiger partial charge is 0.385 e. The van der Waals surface area contributed by atoms with Crippen LogP contribution in [0.4, 0.5) is 5.69 Å². The summed E-state index contributed by atoms with van der Waals surface area (Å²) in [7, 11) is 1.60. The summed E-state index contributed by atoms with van der Waals surface area (Å²) in [4.78, 5) is 44.6. The summed E-state index contributed by atoms with van der Waals surface area (Å²) < 4.78 is 5.09. The van der Waals surface area contributed by atoms with Gasteiger partial charge in [-0.05, 0) is 36.4 Å². The predicted molar refractivity (Wildman–Crippen MR) is 119 cm³/mol. The fraction of sp³-hybridized carbons (Fsp3) is 0.375. The van der Waals surface area contributed by atoms with Crippen molar-refractivity contribution in [2.75, 3.05) is 25.2 Å². The number of nitrogens with zero attached hydrogens (tertiary/aromatic N) is 2. The first-order chi connectivity index (χ1) is 15.0. The van der Waals surface area contributed by atoms with E-state index in [1.165, 1.54) is 16.2 Å². The van der Waals surface area contributed by atoms with Crippen LogP contribution in [-0.4, -0.2) is 54.8 Å². The summed E-state index contributed by atoms with van der Waals surface area (Å²) in [5.74, 6) is -1.72. The lowest BCUT2D eigenvalue weighted by Crippen LogP contribution is -2.49. The van der Waals surface area contributed by atoms with Gasteiger partial charge in [-0.3, -0.25) is 19.3 Å². The summed E-state index contributed by atoms with van der Waals surface area (Å²) in [6, 6.07) is 10.6. The summed E-state index contributed by atoms with van der Waals surface area (Å²) in [6.45, 7) is 2.83. The van der Waals surface area contributed by atoms with Crippen LogP contribution < -0.4 is 4.90 Å². The number of ether oxygens (including phenoxy) is 1. The van der Waals surface area contributed by atoms with E-state index in [2.05, 4.69) is 6.08 Å². The summed E-state index contributed by atoms with van der Waals surface area (Å²) in [6.07, 6.45) is 2.65.